The van der Waals surface area contributed by atoms with E-state index in [1.54, 1.807) is 0 Å². The van der Waals surface area contributed by atoms with E-state index in [0.29, 0.717) is 0 Å². The van der Waals surface area contributed by atoms with E-state index in [9.17, 15) is 4.79 Å². The van der Waals surface area contributed by atoms with Gasteiger partial charge >= 0.3 is 6.09 Å². The molecule has 3 rings (SSSR count). The summed E-state index contributed by atoms with van der Waals surface area (Å²) in [5.41, 5.74) is 4.41. The summed E-state index contributed by atoms with van der Waals surface area (Å²) in [6, 6.07) is 7.54. The maximum atomic E-state index is 11.9. The normalized spacial score (nSPS) is 17.3. The molecule has 0 aliphatic heterocycles. The molecule has 1 heterocycles. The molecule has 0 saturated heterocycles. The third-order valence-electron chi connectivity index (χ3n) is 3.98. The third-order valence-corrected chi connectivity index (χ3v) is 3.98. The number of carbonyl (C=O) groups excluding carboxylic acids is 1. The van der Waals surface area contributed by atoms with Crippen molar-refractivity contribution in [2.24, 2.45) is 0 Å². The van der Waals surface area contributed by atoms with Crippen molar-refractivity contribution < 1.29 is 42.2 Å². The fraction of sp³-hybridized carbons (Fsp3) is 0.500. The maximum Gasteiger partial charge on any atom is 0.407 e. The Morgan fingerprint density at radius 2 is 2.17 bits per heavy atom. The molecule has 2 N–H and O–H groups in total. The van der Waals surface area contributed by atoms with E-state index in [1.807, 2.05) is 26.8 Å². The van der Waals surface area contributed by atoms with Crippen LogP contribution in [0.3, 0.4) is 0 Å². The molecule has 1 aromatic carbocycles. The molecule has 1 atom stereocenters. The van der Waals surface area contributed by atoms with Crippen molar-refractivity contribution in [1.29, 1.82) is 0 Å². The monoisotopic (exact) mass is 388 g/mol. The summed E-state index contributed by atoms with van der Waals surface area (Å²) >= 11 is 0. The topological polar surface area (TPSA) is 54.1 Å². The average Bonchev–Trinajstić information content (AvgIpc) is 2.74. The summed E-state index contributed by atoms with van der Waals surface area (Å²) < 4.78 is 5.35. The summed E-state index contributed by atoms with van der Waals surface area (Å²) in [4.78, 5) is 15.4. The average molecular weight is 388 g/mol. The van der Waals surface area contributed by atoms with Crippen molar-refractivity contribution >= 4 is 17.0 Å². The maximum absolute atomic E-state index is 11.9. The molecule has 1 aromatic heterocycles. The Labute approximate surface area is 162 Å². The van der Waals surface area contributed by atoms with Crippen molar-refractivity contribution in [2.75, 3.05) is 0 Å². The Kier molecular flexibility index (Phi) is 5.57. The molecule has 1 radical (unpaired) electrons. The molecule has 1 unspecified atom stereocenters. The van der Waals surface area contributed by atoms with Crippen molar-refractivity contribution in [2.45, 2.75) is 58.6 Å². The molecule has 2 aromatic rings. The number of aryl methyl sites for hydroxylation is 2. The zero-order valence-electron chi connectivity index (χ0n) is 14.2. The van der Waals surface area contributed by atoms with Crippen LogP contribution in [0.2, 0.25) is 0 Å². The number of aromatic nitrogens is 1. The van der Waals surface area contributed by atoms with Gasteiger partial charge in [-0.2, -0.15) is 23.8 Å². The van der Waals surface area contributed by atoms with Crippen LogP contribution in [-0.4, -0.2) is 22.7 Å². The molecular weight excluding hydrogens is 365 g/mol. The molecule has 23 heavy (non-hydrogen) atoms. The Morgan fingerprint density at radius 3 is 2.87 bits per heavy atom. The van der Waals surface area contributed by atoms with Gasteiger partial charge in [0.15, 0.2) is 0 Å². The van der Waals surface area contributed by atoms with Crippen molar-refractivity contribution in [3.8, 4) is 0 Å². The molecule has 0 fully saturated rings. The van der Waals surface area contributed by atoms with Crippen LogP contribution in [0.4, 0.5) is 4.79 Å². The van der Waals surface area contributed by atoms with Crippen LogP contribution in [0.25, 0.3) is 10.9 Å². The van der Waals surface area contributed by atoms with E-state index in [2.05, 4.69) is 29.4 Å². The van der Waals surface area contributed by atoms with Crippen LogP contribution in [0.1, 0.15) is 44.0 Å². The number of amides is 1. The molecular formula is C18H23N2O2Y-. The van der Waals surface area contributed by atoms with Gasteiger partial charge in [0.05, 0.1) is 0 Å². The van der Waals surface area contributed by atoms with Crippen LogP contribution < -0.4 is 5.32 Å². The van der Waals surface area contributed by atoms with Gasteiger partial charge in [0, 0.05) is 44.4 Å². The minimum atomic E-state index is -0.461. The first kappa shape index (κ1) is 18.5. The van der Waals surface area contributed by atoms with E-state index >= 15 is 0 Å². The summed E-state index contributed by atoms with van der Waals surface area (Å²) in [5, 5.41) is 4.25. The van der Waals surface area contributed by atoms with Crippen molar-refractivity contribution in [1.82, 2.24) is 10.3 Å². The second kappa shape index (κ2) is 6.94. The van der Waals surface area contributed by atoms with Crippen molar-refractivity contribution in [3.63, 3.8) is 0 Å². The number of benzene rings is 1. The Balaban J connectivity index is 0.00000192. The molecule has 4 nitrogen and oxygen atoms in total. The van der Waals surface area contributed by atoms with Gasteiger partial charge in [-0.15, -0.1) is 5.39 Å². The van der Waals surface area contributed by atoms with E-state index in [1.165, 1.54) is 16.6 Å². The van der Waals surface area contributed by atoms with Gasteiger partial charge in [0.2, 0.25) is 0 Å². The third kappa shape index (κ3) is 4.36. The van der Waals surface area contributed by atoms with Crippen LogP contribution in [0.5, 0.6) is 0 Å². The molecule has 0 bridgehead atoms. The molecule has 5 heteroatoms. The van der Waals surface area contributed by atoms with Crippen molar-refractivity contribution in [3.05, 3.63) is 35.0 Å². The Morgan fingerprint density at radius 1 is 1.43 bits per heavy atom. The smallest absolute Gasteiger partial charge is 0.407 e. The van der Waals surface area contributed by atoms with Crippen LogP contribution in [0.15, 0.2) is 12.1 Å². The molecule has 1 amide bonds. The van der Waals surface area contributed by atoms with Gasteiger partial charge in [0.25, 0.3) is 0 Å². The quantitative estimate of drug-likeness (QED) is 0.733. The molecule has 0 spiro atoms. The first-order valence-corrected chi connectivity index (χ1v) is 7.83. The summed E-state index contributed by atoms with van der Waals surface area (Å²) in [6.45, 7) is 7.69. The number of nitrogens with one attached hydrogen (secondary N) is 2. The summed E-state index contributed by atoms with van der Waals surface area (Å²) in [5.74, 6) is 0. The fourth-order valence-corrected chi connectivity index (χ4v) is 3.06. The fourth-order valence-electron chi connectivity index (χ4n) is 3.06. The Bertz CT molecular complexity index is 716. The number of hydrogen-bond acceptors (Lipinski definition) is 2. The van der Waals surface area contributed by atoms with E-state index < -0.39 is 5.60 Å². The van der Waals surface area contributed by atoms with Gasteiger partial charge in [-0.05, 0) is 45.6 Å². The molecule has 1 aliphatic carbocycles. The van der Waals surface area contributed by atoms with E-state index in [0.717, 1.165) is 30.3 Å². The molecule has 0 saturated carbocycles. The van der Waals surface area contributed by atoms with Crippen LogP contribution in [0, 0.1) is 13.0 Å². The van der Waals surface area contributed by atoms with Gasteiger partial charge in [-0.1, -0.05) is 12.4 Å². The number of aromatic amines is 1. The van der Waals surface area contributed by atoms with Crippen LogP contribution >= 0.6 is 0 Å². The minimum Gasteiger partial charge on any atom is -0.444 e. The predicted octanol–water partition coefficient (Wildman–Crippen LogP) is 3.66. The zero-order valence-corrected chi connectivity index (χ0v) is 17.1. The second-order valence-electron chi connectivity index (χ2n) is 7.11. The summed E-state index contributed by atoms with van der Waals surface area (Å²) in [6.07, 6.45) is 2.40. The number of ether oxygens (including phenoxy) is 1. The minimum absolute atomic E-state index is 0. The van der Waals surface area contributed by atoms with Gasteiger partial charge in [-0.3, -0.25) is 0 Å². The number of fused-ring (bicyclic) bond motifs is 3. The number of carbonyl (C=O) groups is 1. The van der Waals surface area contributed by atoms with E-state index in [4.69, 9.17) is 4.74 Å². The first-order valence-electron chi connectivity index (χ1n) is 7.83. The standard InChI is InChI=1S/C18H23N2O2.Y/c1-11-5-7-15-13(9-11)14-10-12(6-8-16(14)20-15)19-17(21)22-18(2,3)4;/h7,9,12,20H,6,8,10H2,1-4H3,(H,19,21);/q-1;. The predicted molar refractivity (Wildman–Crippen MR) is 87.1 cm³/mol. The number of H-pyrrole nitrogens is 1. The largest absolute Gasteiger partial charge is 0.444 e. The number of rotatable bonds is 1. The van der Waals surface area contributed by atoms with Gasteiger partial charge < -0.3 is 15.0 Å². The first-order chi connectivity index (χ1) is 10.3. The molecule has 121 valence electrons. The Hall–Kier alpha value is -0.866. The van der Waals surface area contributed by atoms with Gasteiger partial charge in [0.1, 0.15) is 5.60 Å². The number of hydrogen-bond donors (Lipinski definition) is 2. The van der Waals surface area contributed by atoms with Gasteiger partial charge in [-0.25, -0.2) is 4.79 Å². The van der Waals surface area contributed by atoms with Crippen LogP contribution in [-0.2, 0) is 50.3 Å². The SMILES string of the molecule is Cc1[c-]cc2[nH]c3c(c2c1)CC(NC(=O)OC(C)(C)C)CC3.[Y]. The summed E-state index contributed by atoms with van der Waals surface area (Å²) in [7, 11) is 0. The molecule has 1 aliphatic rings. The number of alkyl carbamates (subject to hydrolysis) is 1. The second-order valence-corrected chi connectivity index (χ2v) is 7.11. The van der Waals surface area contributed by atoms with E-state index in [-0.39, 0.29) is 44.8 Å². The zero-order chi connectivity index (χ0) is 15.9.